The molecule has 6 heteroatoms. The van der Waals surface area contributed by atoms with Gasteiger partial charge in [0.1, 0.15) is 11.9 Å². The molecule has 114 valence electrons. The van der Waals surface area contributed by atoms with Crippen molar-refractivity contribution in [3.63, 3.8) is 0 Å². The highest BCUT2D eigenvalue weighted by Crippen LogP contribution is 2.24. The number of piperazine rings is 1. The summed E-state index contributed by atoms with van der Waals surface area (Å²) in [6, 6.07) is 0.779. The van der Waals surface area contributed by atoms with Crippen LogP contribution in [0.15, 0.2) is 12.5 Å². The molecule has 0 radical (unpaired) electrons. The Bertz CT molecular complexity index is 494. The zero-order valence-corrected chi connectivity index (χ0v) is 12.2. The number of aromatic carboxylic acids is 1. The van der Waals surface area contributed by atoms with Crippen molar-refractivity contribution in [2.75, 3.05) is 26.2 Å². The summed E-state index contributed by atoms with van der Waals surface area (Å²) in [4.78, 5) is 24.0. The molecule has 0 unspecified atom stereocenters. The summed E-state index contributed by atoms with van der Waals surface area (Å²) in [5, 5.41) is 9.17. The van der Waals surface area contributed by atoms with E-state index in [-0.39, 0.29) is 5.56 Å². The van der Waals surface area contributed by atoms with E-state index in [2.05, 4.69) is 19.8 Å². The maximum Gasteiger partial charge on any atom is 0.339 e. The Kier molecular flexibility index (Phi) is 4.45. The molecular weight excluding hydrogens is 268 g/mol. The van der Waals surface area contributed by atoms with E-state index < -0.39 is 5.97 Å². The fourth-order valence-corrected chi connectivity index (χ4v) is 3.43. The van der Waals surface area contributed by atoms with Gasteiger partial charge in [-0.3, -0.25) is 9.80 Å². The van der Waals surface area contributed by atoms with Gasteiger partial charge in [0.15, 0.2) is 0 Å². The standard InChI is InChI=1S/C15H22N4O2/c20-15(21)13-9-16-11-17-14(13)10-18-5-7-19(8-6-18)12-3-1-2-4-12/h9,11-12H,1-8,10H2,(H,20,21). The molecule has 6 nitrogen and oxygen atoms in total. The van der Waals surface area contributed by atoms with E-state index in [1.54, 1.807) is 0 Å². The van der Waals surface area contributed by atoms with Crippen LogP contribution in [-0.2, 0) is 6.54 Å². The van der Waals surface area contributed by atoms with Crippen molar-refractivity contribution < 1.29 is 9.90 Å². The van der Waals surface area contributed by atoms with Gasteiger partial charge in [0, 0.05) is 45.0 Å². The second-order valence-electron chi connectivity index (χ2n) is 5.94. The highest BCUT2D eigenvalue weighted by molar-refractivity contribution is 5.88. The largest absolute Gasteiger partial charge is 0.478 e. The molecule has 1 aliphatic heterocycles. The van der Waals surface area contributed by atoms with Crippen LogP contribution in [-0.4, -0.2) is 63.1 Å². The minimum Gasteiger partial charge on any atom is -0.478 e. The number of rotatable bonds is 4. The first-order valence-corrected chi connectivity index (χ1v) is 7.72. The summed E-state index contributed by atoms with van der Waals surface area (Å²) in [5.41, 5.74) is 0.836. The smallest absolute Gasteiger partial charge is 0.339 e. The molecule has 3 rings (SSSR count). The normalized spacial score (nSPS) is 21.7. The van der Waals surface area contributed by atoms with Crippen LogP contribution in [0.2, 0.25) is 0 Å². The Morgan fingerprint density at radius 2 is 1.95 bits per heavy atom. The topological polar surface area (TPSA) is 69.6 Å². The third-order valence-electron chi connectivity index (χ3n) is 4.65. The van der Waals surface area contributed by atoms with Crippen LogP contribution >= 0.6 is 0 Å². The van der Waals surface area contributed by atoms with Crippen LogP contribution in [0.25, 0.3) is 0 Å². The lowest BCUT2D eigenvalue weighted by molar-refractivity contribution is 0.0688. The number of hydrogen-bond acceptors (Lipinski definition) is 5. The first-order chi connectivity index (χ1) is 10.2. The van der Waals surface area contributed by atoms with Gasteiger partial charge in [0.25, 0.3) is 0 Å². The van der Waals surface area contributed by atoms with Crippen LogP contribution in [0.3, 0.4) is 0 Å². The molecule has 1 aromatic heterocycles. The van der Waals surface area contributed by atoms with Crippen molar-refractivity contribution in [1.29, 1.82) is 0 Å². The molecule has 0 aromatic carbocycles. The third kappa shape index (κ3) is 3.39. The first kappa shape index (κ1) is 14.4. The van der Waals surface area contributed by atoms with Gasteiger partial charge in [-0.1, -0.05) is 12.8 Å². The summed E-state index contributed by atoms with van der Waals surface area (Å²) in [5.74, 6) is -0.949. The summed E-state index contributed by atoms with van der Waals surface area (Å²) in [6.45, 7) is 4.73. The van der Waals surface area contributed by atoms with Crippen LogP contribution in [0.1, 0.15) is 41.7 Å². The number of nitrogens with zero attached hydrogens (tertiary/aromatic N) is 4. The quantitative estimate of drug-likeness (QED) is 0.899. The van der Waals surface area contributed by atoms with Crippen molar-refractivity contribution in [3.8, 4) is 0 Å². The summed E-state index contributed by atoms with van der Waals surface area (Å²) >= 11 is 0. The number of carbonyl (C=O) groups is 1. The second-order valence-corrected chi connectivity index (χ2v) is 5.94. The number of carboxylic acid groups (broad SMARTS) is 1. The molecule has 1 aliphatic carbocycles. The lowest BCUT2D eigenvalue weighted by Gasteiger charge is -2.38. The first-order valence-electron chi connectivity index (χ1n) is 7.72. The van der Waals surface area contributed by atoms with Gasteiger partial charge in [-0.2, -0.15) is 0 Å². The lowest BCUT2D eigenvalue weighted by Crippen LogP contribution is -2.49. The maximum atomic E-state index is 11.2. The Hall–Kier alpha value is -1.53. The predicted molar refractivity (Wildman–Crippen MR) is 78.1 cm³/mol. The molecule has 2 heterocycles. The van der Waals surface area contributed by atoms with Crippen molar-refractivity contribution in [1.82, 2.24) is 19.8 Å². The number of carboxylic acids is 1. The zero-order chi connectivity index (χ0) is 14.7. The fourth-order valence-electron chi connectivity index (χ4n) is 3.43. The minimum absolute atomic E-state index is 0.218. The summed E-state index contributed by atoms with van der Waals surface area (Å²) < 4.78 is 0. The maximum absolute atomic E-state index is 11.2. The predicted octanol–water partition coefficient (Wildman–Crippen LogP) is 1.23. The molecule has 0 spiro atoms. The molecular formula is C15H22N4O2. The molecule has 1 N–H and O–H groups in total. The Labute approximate surface area is 124 Å². The van der Waals surface area contributed by atoms with Crippen LogP contribution in [0.5, 0.6) is 0 Å². The molecule has 1 saturated heterocycles. The Morgan fingerprint density at radius 1 is 1.24 bits per heavy atom. The minimum atomic E-state index is -0.949. The van der Waals surface area contributed by atoms with Crippen molar-refractivity contribution in [2.45, 2.75) is 38.3 Å². The summed E-state index contributed by atoms with van der Waals surface area (Å²) in [6.07, 6.45) is 8.24. The summed E-state index contributed by atoms with van der Waals surface area (Å²) in [7, 11) is 0. The lowest BCUT2D eigenvalue weighted by atomic mass is 10.1. The van der Waals surface area contributed by atoms with Gasteiger partial charge in [-0.15, -0.1) is 0 Å². The van der Waals surface area contributed by atoms with E-state index in [1.165, 1.54) is 38.2 Å². The van der Waals surface area contributed by atoms with E-state index in [0.29, 0.717) is 12.2 Å². The molecule has 0 atom stereocenters. The van der Waals surface area contributed by atoms with Crippen LogP contribution in [0.4, 0.5) is 0 Å². The SMILES string of the molecule is O=C(O)c1cncnc1CN1CCN(C2CCCC2)CC1. The van der Waals surface area contributed by atoms with Crippen LogP contribution < -0.4 is 0 Å². The van der Waals surface area contributed by atoms with Crippen LogP contribution in [0, 0.1) is 0 Å². The molecule has 0 amide bonds. The molecule has 2 fully saturated rings. The van der Waals surface area contributed by atoms with E-state index >= 15 is 0 Å². The zero-order valence-electron chi connectivity index (χ0n) is 12.2. The van der Waals surface area contributed by atoms with Crippen molar-refractivity contribution in [2.24, 2.45) is 0 Å². The van der Waals surface area contributed by atoms with E-state index in [1.807, 2.05) is 0 Å². The number of hydrogen-bond donors (Lipinski definition) is 1. The van der Waals surface area contributed by atoms with Gasteiger partial charge in [0.2, 0.25) is 0 Å². The molecule has 2 aliphatic rings. The van der Waals surface area contributed by atoms with E-state index in [0.717, 1.165) is 32.2 Å². The van der Waals surface area contributed by atoms with E-state index in [9.17, 15) is 9.90 Å². The molecule has 1 aromatic rings. The highest BCUT2D eigenvalue weighted by atomic mass is 16.4. The van der Waals surface area contributed by atoms with E-state index in [4.69, 9.17) is 0 Å². The highest BCUT2D eigenvalue weighted by Gasteiger charge is 2.26. The Balaban J connectivity index is 1.57. The second kappa shape index (κ2) is 6.49. The number of aromatic nitrogens is 2. The third-order valence-corrected chi connectivity index (χ3v) is 4.65. The molecule has 21 heavy (non-hydrogen) atoms. The fraction of sp³-hybridized carbons (Fsp3) is 0.667. The molecule has 1 saturated carbocycles. The van der Waals surface area contributed by atoms with Gasteiger partial charge < -0.3 is 5.11 Å². The Morgan fingerprint density at radius 3 is 2.62 bits per heavy atom. The average molecular weight is 290 g/mol. The molecule has 0 bridgehead atoms. The van der Waals surface area contributed by atoms with Gasteiger partial charge in [0.05, 0.1) is 5.69 Å². The average Bonchev–Trinajstić information content (AvgIpc) is 3.03. The van der Waals surface area contributed by atoms with Gasteiger partial charge in [-0.05, 0) is 12.8 Å². The van der Waals surface area contributed by atoms with Gasteiger partial charge >= 0.3 is 5.97 Å². The van der Waals surface area contributed by atoms with Gasteiger partial charge in [-0.25, -0.2) is 14.8 Å². The monoisotopic (exact) mass is 290 g/mol. The van der Waals surface area contributed by atoms with Crippen molar-refractivity contribution >= 4 is 5.97 Å². The van der Waals surface area contributed by atoms with Crippen molar-refractivity contribution in [3.05, 3.63) is 23.8 Å².